The summed E-state index contributed by atoms with van der Waals surface area (Å²) in [6.07, 6.45) is 2.91. The molecule has 0 radical (unpaired) electrons. The molecule has 2 N–H and O–H groups in total. The molecule has 1 spiro atoms. The van der Waals surface area contributed by atoms with Gasteiger partial charge in [-0.15, -0.1) is 0 Å². The topological polar surface area (TPSA) is 85.0 Å². The van der Waals surface area contributed by atoms with Gasteiger partial charge >= 0.3 is 6.03 Å². The molecule has 1 aromatic heterocycles. The van der Waals surface area contributed by atoms with E-state index in [0.717, 1.165) is 16.6 Å². The van der Waals surface area contributed by atoms with Crippen molar-refractivity contribution in [3.63, 3.8) is 0 Å². The molecule has 3 heterocycles. The van der Waals surface area contributed by atoms with Gasteiger partial charge in [0, 0.05) is 61.3 Å². The standard InChI is InChI=1S/C21H27ClN4O4/c1-20(2)14-28-21(30-29-20)6-11-26(12-7-21)19(27)25-10-9-24-17-5-8-23-18-13-15(22)3-4-16(17)18/h3-5,8,13H,6-7,9-12,14H2,1-2H3,(H,23,24)(H,25,27). The SMILES string of the molecule is CC1(C)COC2(CCN(C(=O)NCCNc3ccnc4cc(Cl)ccc34)CC2)OO1. The zero-order valence-electron chi connectivity index (χ0n) is 17.2. The number of piperidine rings is 1. The number of nitrogens with zero attached hydrogens (tertiary/aromatic N) is 2. The molecular weight excluding hydrogens is 408 g/mol. The van der Waals surface area contributed by atoms with Crippen molar-refractivity contribution >= 4 is 34.2 Å². The Kier molecular flexibility index (Phi) is 6.02. The smallest absolute Gasteiger partial charge is 0.317 e. The highest BCUT2D eigenvalue weighted by Crippen LogP contribution is 2.34. The number of halogens is 1. The lowest BCUT2D eigenvalue weighted by Gasteiger charge is -2.45. The molecule has 2 aliphatic heterocycles. The van der Waals surface area contributed by atoms with E-state index in [0.29, 0.717) is 50.7 Å². The van der Waals surface area contributed by atoms with Gasteiger partial charge in [0.1, 0.15) is 5.60 Å². The van der Waals surface area contributed by atoms with E-state index in [1.165, 1.54) is 0 Å². The number of likely N-dealkylation sites (tertiary alicyclic amines) is 1. The van der Waals surface area contributed by atoms with Gasteiger partial charge < -0.3 is 20.3 Å². The third kappa shape index (κ3) is 4.78. The first-order valence-electron chi connectivity index (χ1n) is 10.2. The van der Waals surface area contributed by atoms with E-state index in [-0.39, 0.29) is 6.03 Å². The average molecular weight is 435 g/mol. The first kappa shape index (κ1) is 21.1. The number of rotatable bonds is 4. The van der Waals surface area contributed by atoms with Crippen LogP contribution in [0.5, 0.6) is 0 Å². The fraction of sp³-hybridized carbons (Fsp3) is 0.524. The number of aromatic nitrogens is 1. The van der Waals surface area contributed by atoms with Crippen LogP contribution in [0.4, 0.5) is 10.5 Å². The molecule has 0 aliphatic carbocycles. The van der Waals surface area contributed by atoms with Crippen LogP contribution < -0.4 is 10.6 Å². The maximum Gasteiger partial charge on any atom is 0.317 e. The van der Waals surface area contributed by atoms with Crippen molar-refractivity contribution in [1.29, 1.82) is 0 Å². The van der Waals surface area contributed by atoms with Gasteiger partial charge in [0.25, 0.3) is 0 Å². The maximum absolute atomic E-state index is 12.5. The zero-order valence-corrected chi connectivity index (χ0v) is 18.0. The number of hydrogen-bond acceptors (Lipinski definition) is 6. The molecule has 30 heavy (non-hydrogen) atoms. The van der Waals surface area contributed by atoms with E-state index in [1.807, 2.05) is 38.1 Å². The quantitative estimate of drug-likeness (QED) is 0.565. The molecule has 2 saturated heterocycles. The van der Waals surface area contributed by atoms with Crippen molar-refractivity contribution in [2.45, 2.75) is 38.1 Å². The second-order valence-corrected chi connectivity index (χ2v) is 8.73. The minimum absolute atomic E-state index is 0.0879. The molecule has 0 bridgehead atoms. The summed E-state index contributed by atoms with van der Waals surface area (Å²) < 4.78 is 5.91. The highest BCUT2D eigenvalue weighted by Gasteiger charge is 2.45. The molecule has 0 unspecified atom stereocenters. The third-order valence-electron chi connectivity index (χ3n) is 5.34. The van der Waals surface area contributed by atoms with Crippen LogP contribution in [0.3, 0.4) is 0 Å². The van der Waals surface area contributed by atoms with Gasteiger partial charge in [0.2, 0.25) is 5.79 Å². The second kappa shape index (κ2) is 8.55. The second-order valence-electron chi connectivity index (χ2n) is 8.29. The summed E-state index contributed by atoms with van der Waals surface area (Å²) in [5.74, 6) is -0.737. The van der Waals surface area contributed by atoms with Gasteiger partial charge in [-0.2, -0.15) is 0 Å². The fourth-order valence-corrected chi connectivity index (χ4v) is 3.74. The Balaban J connectivity index is 1.22. The summed E-state index contributed by atoms with van der Waals surface area (Å²) in [7, 11) is 0. The van der Waals surface area contributed by atoms with Crippen LogP contribution in [0, 0.1) is 0 Å². The molecule has 2 aliphatic rings. The van der Waals surface area contributed by atoms with Crippen molar-refractivity contribution < 1.29 is 19.3 Å². The number of nitrogens with one attached hydrogen (secondary N) is 2. The lowest BCUT2D eigenvalue weighted by atomic mass is 10.0. The van der Waals surface area contributed by atoms with Crippen LogP contribution in [0.25, 0.3) is 10.9 Å². The minimum Gasteiger partial charge on any atom is -0.383 e. The summed E-state index contributed by atoms with van der Waals surface area (Å²) in [6, 6.07) is 7.44. The van der Waals surface area contributed by atoms with E-state index < -0.39 is 11.4 Å². The molecule has 162 valence electrons. The van der Waals surface area contributed by atoms with Gasteiger partial charge in [-0.3, -0.25) is 4.98 Å². The van der Waals surface area contributed by atoms with Gasteiger partial charge in [0.15, 0.2) is 0 Å². The van der Waals surface area contributed by atoms with E-state index in [9.17, 15) is 4.79 Å². The Bertz CT molecular complexity index is 903. The van der Waals surface area contributed by atoms with E-state index in [2.05, 4.69) is 15.6 Å². The van der Waals surface area contributed by atoms with Gasteiger partial charge in [-0.1, -0.05) is 11.6 Å². The number of amides is 2. The lowest BCUT2D eigenvalue weighted by molar-refractivity contribution is -0.511. The van der Waals surface area contributed by atoms with Crippen LogP contribution in [0.1, 0.15) is 26.7 Å². The summed E-state index contributed by atoms with van der Waals surface area (Å²) in [4.78, 5) is 29.6. The summed E-state index contributed by atoms with van der Waals surface area (Å²) >= 11 is 6.03. The largest absolute Gasteiger partial charge is 0.383 e. The highest BCUT2D eigenvalue weighted by atomic mass is 35.5. The maximum atomic E-state index is 12.5. The number of pyridine rings is 1. The molecule has 2 amide bonds. The lowest BCUT2D eigenvalue weighted by Crippen LogP contribution is -2.56. The number of benzene rings is 1. The molecule has 9 heteroatoms. The van der Waals surface area contributed by atoms with Crippen molar-refractivity contribution in [3.05, 3.63) is 35.5 Å². The molecule has 4 rings (SSSR count). The first-order valence-corrected chi connectivity index (χ1v) is 10.6. The zero-order chi connectivity index (χ0) is 21.2. The Morgan fingerprint density at radius 2 is 2.00 bits per heavy atom. The molecular formula is C21H27ClN4O4. The van der Waals surface area contributed by atoms with Gasteiger partial charge in [0.05, 0.1) is 12.1 Å². The number of hydrogen-bond donors (Lipinski definition) is 2. The van der Waals surface area contributed by atoms with Crippen LogP contribution >= 0.6 is 11.6 Å². The fourth-order valence-electron chi connectivity index (χ4n) is 3.57. The van der Waals surface area contributed by atoms with Crippen molar-refractivity contribution in [2.75, 3.05) is 38.1 Å². The Labute approximate surface area is 180 Å². The summed E-state index contributed by atoms with van der Waals surface area (Å²) in [5.41, 5.74) is 1.35. The van der Waals surface area contributed by atoms with Gasteiger partial charge in [-0.25, -0.2) is 14.6 Å². The van der Waals surface area contributed by atoms with Crippen LogP contribution in [-0.2, 0) is 14.5 Å². The normalized spacial score (nSPS) is 20.3. The van der Waals surface area contributed by atoms with Gasteiger partial charge in [-0.05, 0) is 38.1 Å². The number of carbonyl (C=O) groups excluding carboxylic acids is 1. The molecule has 1 aromatic carbocycles. The monoisotopic (exact) mass is 434 g/mol. The van der Waals surface area contributed by atoms with Crippen LogP contribution in [0.15, 0.2) is 30.5 Å². The van der Waals surface area contributed by atoms with Crippen LogP contribution in [0.2, 0.25) is 5.02 Å². The molecule has 2 aromatic rings. The van der Waals surface area contributed by atoms with Crippen molar-refractivity contribution in [3.8, 4) is 0 Å². The summed E-state index contributed by atoms with van der Waals surface area (Å²) in [5, 5.41) is 7.95. The number of fused-ring (bicyclic) bond motifs is 1. The molecule has 0 atom stereocenters. The number of ether oxygens (including phenoxy) is 1. The predicted molar refractivity (Wildman–Crippen MR) is 114 cm³/mol. The number of anilines is 1. The summed E-state index contributed by atoms with van der Waals surface area (Å²) in [6.45, 7) is 6.52. The average Bonchev–Trinajstić information content (AvgIpc) is 2.74. The third-order valence-corrected chi connectivity index (χ3v) is 5.57. The first-order chi connectivity index (χ1) is 14.4. The predicted octanol–water partition coefficient (Wildman–Crippen LogP) is 3.56. The highest BCUT2D eigenvalue weighted by molar-refractivity contribution is 6.31. The Morgan fingerprint density at radius 1 is 1.20 bits per heavy atom. The van der Waals surface area contributed by atoms with Crippen LogP contribution in [-0.4, -0.2) is 60.1 Å². The molecule has 2 fully saturated rings. The number of urea groups is 1. The minimum atomic E-state index is -0.737. The Hall–Kier alpha value is -2.13. The van der Waals surface area contributed by atoms with E-state index in [4.69, 9.17) is 26.1 Å². The van der Waals surface area contributed by atoms with E-state index in [1.54, 1.807) is 11.1 Å². The van der Waals surface area contributed by atoms with Crippen molar-refractivity contribution in [1.82, 2.24) is 15.2 Å². The molecule has 0 saturated carbocycles. The van der Waals surface area contributed by atoms with E-state index >= 15 is 0 Å². The Morgan fingerprint density at radius 3 is 2.73 bits per heavy atom. The van der Waals surface area contributed by atoms with Crippen molar-refractivity contribution in [2.24, 2.45) is 0 Å². The number of carbonyl (C=O) groups is 1. The molecule has 8 nitrogen and oxygen atoms in total.